The highest BCUT2D eigenvalue weighted by Crippen LogP contribution is 2.28. The molecule has 1 atom stereocenters. The molecule has 2 aromatic rings. The third-order valence-electron chi connectivity index (χ3n) is 3.31. The smallest absolute Gasteiger partial charge is 0.167 e. The maximum atomic E-state index is 5.84. The van der Waals surface area contributed by atoms with Gasteiger partial charge in [0, 0.05) is 5.92 Å². The molecule has 2 rings (SSSR count). The molecule has 0 saturated heterocycles. The Morgan fingerprint density at radius 1 is 0.818 bits per heavy atom. The van der Waals surface area contributed by atoms with Crippen LogP contribution in [0.25, 0.3) is 0 Å². The van der Waals surface area contributed by atoms with Crippen LogP contribution in [0, 0.1) is 0 Å². The lowest BCUT2D eigenvalue weighted by atomic mass is 9.93. The molecule has 0 radical (unpaired) electrons. The number of halogens is 1. The summed E-state index contributed by atoms with van der Waals surface area (Å²) in [5.41, 5.74) is 2.22. The molecule has 0 amide bonds. The fourth-order valence-corrected chi connectivity index (χ4v) is 2.29. The van der Waals surface area contributed by atoms with E-state index in [1.165, 1.54) is 11.1 Å². The van der Waals surface area contributed by atoms with Crippen LogP contribution in [0.3, 0.4) is 0 Å². The van der Waals surface area contributed by atoms with Crippen molar-refractivity contribution in [3.05, 3.63) is 59.7 Å². The summed E-state index contributed by atoms with van der Waals surface area (Å²) in [5.74, 6) is 1.72. The van der Waals surface area contributed by atoms with E-state index in [0.29, 0.717) is 5.75 Å². The molecule has 0 aromatic heterocycles. The number of benzene rings is 2. The van der Waals surface area contributed by atoms with Gasteiger partial charge < -0.3 is 9.62 Å². The van der Waals surface area contributed by atoms with E-state index in [9.17, 15) is 0 Å². The molecule has 3 nitrogen and oxygen atoms in total. The van der Waals surface area contributed by atoms with E-state index in [2.05, 4.69) is 23.5 Å². The van der Waals surface area contributed by atoms with Crippen LogP contribution in [0.1, 0.15) is 44.7 Å². The molecule has 0 N–H and O–H groups in total. The number of hydrogen-bond acceptors (Lipinski definition) is 3. The number of ether oxygens (including phenoxy) is 1. The molecule has 118 valence electrons. The standard InChI is InChI=1S/C18H21ClO3/c1-13(15-7-11-17(12-8-15)21-22-19)14-5-9-16(10-6-14)20-18(2,3)4/h5-13H,1-4H3. The van der Waals surface area contributed by atoms with Crippen molar-refractivity contribution in [2.45, 2.75) is 39.2 Å². The van der Waals surface area contributed by atoms with Crippen LogP contribution < -0.4 is 9.62 Å². The van der Waals surface area contributed by atoms with E-state index in [1.54, 1.807) is 0 Å². The van der Waals surface area contributed by atoms with Crippen molar-refractivity contribution >= 4 is 11.9 Å². The Balaban J connectivity index is 2.10. The minimum atomic E-state index is -0.187. The minimum Gasteiger partial charge on any atom is -0.488 e. The molecular formula is C18H21ClO3. The lowest BCUT2D eigenvalue weighted by molar-refractivity contribution is -0.0918. The Morgan fingerprint density at radius 2 is 1.27 bits per heavy atom. The maximum Gasteiger partial charge on any atom is 0.167 e. The molecule has 4 heteroatoms. The van der Waals surface area contributed by atoms with Crippen LogP contribution in [-0.2, 0) is 4.44 Å². The summed E-state index contributed by atoms with van der Waals surface area (Å²) < 4.78 is 9.97. The highest BCUT2D eigenvalue weighted by molar-refractivity contribution is 6.06. The second-order valence-corrected chi connectivity index (χ2v) is 6.35. The van der Waals surface area contributed by atoms with Gasteiger partial charge in [0.2, 0.25) is 0 Å². The average molecular weight is 321 g/mol. The van der Waals surface area contributed by atoms with Crippen molar-refractivity contribution in [1.29, 1.82) is 0 Å². The first-order valence-electron chi connectivity index (χ1n) is 7.23. The van der Waals surface area contributed by atoms with E-state index in [0.717, 1.165) is 5.75 Å². The van der Waals surface area contributed by atoms with Crippen LogP contribution in [-0.4, -0.2) is 5.60 Å². The molecule has 2 aromatic carbocycles. The van der Waals surface area contributed by atoms with E-state index in [-0.39, 0.29) is 11.5 Å². The summed E-state index contributed by atoms with van der Waals surface area (Å²) >= 11 is 5.06. The van der Waals surface area contributed by atoms with Crippen LogP contribution in [0.5, 0.6) is 11.5 Å². The van der Waals surface area contributed by atoms with Gasteiger partial charge in [0.25, 0.3) is 0 Å². The molecular weight excluding hydrogens is 300 g/mol. The van der Waals surface area contributed by atoms with Gasteiger partial charge in [0.1, 0.15) is 23.2 Å². The van der Waals surface area contributed by atoms with Crippen molar-refractivity contribution in [2.24, 2.45) is 0 Å². The third kappa shape index (κ3) is 4.65. The van der Waals surface area contributed by atoms with Crippen molar-refractivity contribution in [1.82, 2.24) is 0 Å². The first-order valence-corrected chi connectivity index (χ1v) is 7.54. The molecule has 1 unspecified atom stereocenters. The van der Waals surface area contributed by atoms with Crippen LogP contribution in [0.4, 0.5) is 0 Å². The summed E-state index contributed by atoms with van der Waals surface area (Å²) in [6, 6.07) is 15.9. The zero-order chi connectivity index (χ0) is 16.2. The van der Waals surface area contributed by atoms with Gasteiger partial charge in [-0.05, 0) is 56.2 Å². The van der Waals surface area contributed by atoms with Gasteiger partial charge in [-0.25, -0.2) is 0 Å². The van der Waals surface area contributed by atoms with E-state index >= 15 is 0 Å². The van der Waals surface area contributed by atoms with Gasteiger partial charge in [-0.15, -0.1) is 0 Å². The largest absolute Gasteiger partial charge is 0.488 e. The molecule has 0 aliphatic carbocycles. The van der Waals surface area contributed by atoms with Gasteiger partial charge >= 0.3 is 0 Å². The van der Waals surface area contributed by atoms with E-state index < -0.39 is 0 Å². The summed E-state index contributed by atoms with van der Waals surface area (Å²) in [6.07, 6.45) is 0. The highest BCUT2D eigenvalue weighted by atomic mass is 35.5. The molecule has 0 fully saturated rings. The molecule has 0 aliphatic heterocycles. The fraction of sp³-hybridized carbons (Fsp3) is 0.333. The SMILES string of the molecule is CC(c1ccc(OOCl)cc1)c1ccc(OC(C)(C)C)cc1. The first-order chi connectivity index (χ1) is 10.4. The highest BCUT2D eigenvalue weighted by Gasteiger charge is 2.13. The van der Waals surface area contributed by atoms with Crippen molar-refractivity contribution < 1.29 is 14.1 Å². The predicted octanol–water partition coefficient (Wildman–Crippen LogP) is 5.48. The van der Waals surface area contributed by atoms with Gasteiger partial charge in [-0.2, -0.15) is 0 Å². The van der Waals surface area contributed by atoms with Crippen molar-refractivity contribution in [2.75, 3.05) is 0 Å². The molecule has 0 aliphatic rings. The van der Waals surface area contributed by atoms with E-state index in [1.807, 2.05) is 57.2 Å². The number of hydrogen-bond donors (Lipinski definition) is 0. The van der Waals surface area contributed by atoms with E-state index in [4.69, 9.17) is 21.5 Å². The lowest BCUT2D eigenvalue weighted by Crippen LogP contribution is -2.22. The van der Waals surface area contributed by atoms with Crippen molar-refractivity contribution in [3.8, 4) is 11.5 Å². The van der Waals surface area contributed by atoms with Crippen molar-refractivity contribution in [3.63, 3.8) is 0 Å². The van der Waals surface area contributed by atoms with Crippen LogP contribution >= 0.6 is 11.9 Å². The van der Waals surface area contributed by atoms with Gasteiger partial charge in [0.05, 0.1) is 0 Å². The second-order valence-electron chi connectivity index (χ2n) is 6.22. The van der Waals surface area contributed by atoms with Crippen LogP contribution in [0.2, 0.25) is 0 Å². The zero-order valence-corrected chi connectivity index (χ0v) is 14.1. The monoisotopic (exact) mass is 320 g/mol. The summed E-state index contributed by atoms with van der Waals surface area (Å²) in [5, 5.41) is 0. The Hall–Kier alpha value is -1.71. The second kappa shape index (κ2) is 7.03. The summed E-state index contributed by atoms with van der Waals surface area (Å²) in [4.78, 5) is 4.76. The Bertz CT molecular complexity index is 585. The topological polar surface area (TPSA) is 27.7 Å². The first kappa shape index (κ1) is 16.7. The summed E-state index contributed by atoms with van der Waals surface area (Å²) in [7, 11) is 0. The average Bonchev–Trinajstić information content (AvgIpc) is 2.47. The maximum absolute atomic E-state index is 5.84. The number of rotatable bonds is 5. The minimum absolute atomic E-state index is 0.187. The Morgan fingerprint density at radius 3 is 1.68 bits per heavy atom. The third-order valence-corrected chi connectivity index (χ3v) is 3.37. The molecule has 0 saturated carbocycles. The van der Waals surface area contributed by atoms with Crippen LogP contribution in [0.15, 0.2) is 48.5 Å². The summed E-state index contributed by atoms with van der Waals surface area (Å²) in [6.45, 7) is 8.28. The Kier molecular flexibility index (Phi) is 5.33. The molecule has 0 spiro atoms. The fourth-order valence-electron chi connectivity index (χ4n) is 2.22. The van der Waals surface area contributed by atoms with Gasteiger partial charge in [-0.1, -0.05) is 35.6 Å². The Labute approximate surface area is 136 Å². The molecule has 0 heterocycles. The zero-order valence-electron chi connectivity index (χ0n) is 13.3. The molecule has 0 bridgehead atoms. The van der Waals surface area contributed by atoms with Gasteiger partial charge in [0.15, 0.2) is 5.75 Å². The van der Waals surface area contributed by atoms with Gasteiger partial charge in [-0.3, -0.25) is 0 Å². The normalized spacial score (nSPS) is 12.8. The molecule has 22 heavy (non-hydrogen) atoms. The quantitative estimate of drug-likeness (QED) is 0.539. The lowest BCUT2D eigenvalue weighted by Gasteiger charge is -2.21. The predicted molar refractivity (Wildman–Crippen MR) is 88.3 cm³/mol.